The van der Waals surface area contributed by atoms with Gasteiger partial charge in [-0.2, -0.15) is 9.57 Å². The van der Waals surface area contributed by atoms with Crippen LogP contribution in [0.25, 0.3) is 0 Å². The second-order valence-electron chi connectivity index (χ2n) is 4.43. The number of pyridine rings is 1. The zero-order valence-corrected chi connectivity index (χ0v) is 11.5. The molecule has 0 spiro atoms. The smallest absolute Gasteiger partial charge is 0.244 e. The number of rotatable bonds is 3. The van der Waals surface area contributed by atoms with Gasteiger partial charge in [0.15, 0.2) is 0 Å². The normalized spacial score (nSPS) is 19.8. The summed E-state index contributed by atoms with van der Waals surface area (Å²) >= 11 is 0. The summed E-state index contributed by atoms with van der Waals surface area (Å²) in [4.78, 5) is 6.04. The minimum Gasteiger partial charge on any atom is -0.286 e. The largest absolute Gasteiger partial charge is 0.286 e. The average Bonchev–Trinajstić information content (AvgIpc) is 2.47. The lowest BCUT2D eigenvalue weighted by atomic mass is 10.2. The van der Waals surface area contributed by atoms with Crippen LogP contribution in [0.2, 0.25) is 0 Å². The summed E-state index contributed by atoms with van der Waals surface area (Å²) in [6, 6.07) is 5.15. The highest BCUT2D eigenvalue weighted by Gasteiger charge is 2.29. The molecule has 19 heavy (non-hydrogen) atoms. The zero-order chi connectivity index (χ0) is 13.9. The molecule has 7 heteroatoms. The first-order valence-electron chi connectivity index (χ1n) is 6.09. The second kappa shape index (κ2) is 5.65. The Bertz CT molecular complexity index is 559. The maximum Gasteiger partial charge on any atom is 0.244 e. The standard InChI is InChI=1S/C12H16N4O2S/c1-11(9-13)15-5-7-16(8-6-15)19(17,18)12-3-2-4-14-10-12/h2-4,10-11H,5-8H2,1H3. The van der Waals surface area contributed by atoms with Crippen LogP contribution in [0.4, 0.5) is 0 Å². The molecule has 1 aromatic rings. The molecular weight excluding hydrogens is 264 g/mol. The van der Waals surface area contributed by atoms with Gasteiger partial charge in [-0.15, -0.1) is 0 Å². The van der Waals surface area contributed by atoms with E-state index in [1.54, 1.807) is 18.3 Å². The van der Waals surface area contributed by atoms with Crippen molar-refractivity contribution >= 4 is 10.0 Å². The Hall–Kier alpha value is -1.49. The van der Waals surface area contributed by atoms with Gasteiger partial charge in [-0.1, -0.05) is 0 Å². The topological polar surface area (TPSA) is 77.3 Å². The SMILES string of the molecule is CC(C#N)N1CCN(S(=O)(=O)c2cccnc2)CC1. The molecule has 0 bridgehead atoms. The lowest BCUT2D eigenvalue weighted by Gasteiger charge is -2.35. The molecule has 0 aliphatic carbocycles. The van der Waals surface area contributed by atoms with E-state index in [-0.39, 0.29) is 10.9 Å². The van der Waals surface area contributed by atoms with Crippen LogP contribution >= 0.6 is 0 Å². The number of hydrogen-bond donors (Lipinski definition) is 0. The number of nitrogens with zero attached hydrogens (tertiary/aromatic N) is 4. The highest BCUT2D eigenvalue weighted by atomic mass is 32.2. The number of sulfonamides is 1. The van der Waals surface area contributed by atoms with Crippen molar-refractivity contribution in [1.29, 1.82) is 5.26 Å². The molecule has 102 valence electrons. The summed E-state index contributed by atoms with van der Waals surface area (Å²) in [6.45, 7) is 3.79. The minimum atomic E-state index is -3.46. The molecule has 1 aliphatic rings. The maximum atomic E-state index is 12.3. The Balaban J connectivity index is 2.08. The summed E-state index contributed by atoms with van der Waals surface area (Å²) in [5.41, 5.74) is 0. The van der Waals surface area contributed by atoms with Gasteiger partial charge < -0.3 is 0 Å². The molecule has 2 rings (SSSR count). The van der Waals surface area contributed by atoms with Crippen LogP contribution in [0.5, 0.6) is 0 Å². The van der Waals surface area contributed by atoms with Gasteiger partial charge >= 0.3 is 0 Å². The van der Waals surface area contributed by atoms with Crippen LogP contribution in [-0.4, -0.2) is 54.8 Å². The van der Waals surface area contributed by atoms with Crippen LogP contribution < -0.4 is 0 Å². The van der Waals surface area contributed by atoms with E-state index >= 15 is 0 Å². The first-order chi connectivity index (χ1) is 9.05. The Morgan fingerprint density at radius 2 is 2.05 bits per heavy atom. The van der Waals surface area contributed by atoms with E-state index in [2.05, 4.69) is 11.1 Å². The van der Waals surface area contributed by atoms with Crippen LogP contribution in [0.15, 0.2) is 29.4 Å². The number of aromatic nitrogens is 1. The predicted molar refractivity (Wildman–Crippen MR) is 69.6 cm³/mol. The van der Waals surface area contributed by atoms with E-state index in [4.69, 9.17) is 5.26 Å². The summed E-state index contributed by atoms with van der Waals surface area (Å²) < 4.78 is 26.1. The van der Waals surface area contributed by atoms with Gasteiger partial charge in [0.05, 0.1) is 12.1 Å². The van der Waals surface area contributed by atoms with Crippen molar-refractivity contribution in [3.8, 4) is 6.07 Å². The molecule has 0 N–H and O–H groups in total. The summed E-state index contributed by atoms with van der Waals surface area (Å²) in [6.07, 6.45) is 2.91. The molecular formula is C12H16N4O2S. The molecule has 0 aromatic carbocycles. The summed E-state index contributed by atoms with van der Waals surface area (Å²) in [5, 5.41) is 8.86. The molecule has 0 radical (unpaired) electrons. The first-order valence-corrected chi connectivity index (χ1v) is 7.53. The summed E-state index contributed by atoms with van der Waals surface area (Å²) in [7, 11) is -3.46. The Labute approximate surface area is 113 Å². The van der Waals surface area contributed by atoms with Gasteiger partial charge in [-0.05, 0) is 19.1 Å². The van der Waals surface area contributed by atoms with Crippen molar-refractivity contribution in [1.82, 2.24) is 14.2 Å². The Morgan fingerprint density at radius 3 is 2.58 bits per heavy atom. The average molecular weight is 280 g/mol. The predicted octanol–water partition coefficient (Wildman–Crippen LogP) is 0.300. The lowest BCUT2D eigenvalue weighted by Crippen LogP contribution is -2.50. The van der Waals surface area contributed by atoms with Crippen molar-refractivity contribution in [2.45, 2.75) is 17.9 Å². The highest BCUT2D eigenvalue weighted by Crippen LogP contribution is 2.17. The third-order valence-corrected chi connectivity index (χ3v) is 5.16. The van der Waals surface area contributed by atoms with Crippen molar-refractivity contribution in [2.24, 2.45) is 0 Å². The molecule has 1 aliphatic heterocycles. The fourth-order valence-corrected chi connectivity index (χ4v) is 3.45. The van der Waals surface area contributed by atoms with Crippen molar-refractivity contribution in [3.63, 3.8) is 0 Å². The second-order valence-corrected chi connectivity index (χ2v) is 6.37. The molecule has 0 amide bonds. The number of nitriles is 1. The van der Waals surface area contributed by atoms with E-state index in [9.17, 15) is 8.42 Å². The van der Waals surface area contributed by atoms with Crippen molar-refractivity contribution < 1.29 is 8.42 Å². The molecule has 0 saturated carbocycles. The van der Waals surface area contributed by atoms with E-state index in [1.807, 2.05) is 11.8 Å². The fourth-order valence-electron chi connectivity index (χ4n) is 2.06. The maximum absolute atomic E-state index is 12.3. The van der Waals surface area contributed by atoms with Gasteiger partial charge in [0.2, 0.25) is 10.0 Å². The zero-order valence-electron chi connectivity index (χ0n) is 10.7. The van der Waals surface area contributed by atoms with E-state index in [0.29, 0.717) is 26.2 Å². The number of piperazine rings is 1. The minimum absolute atomic E-state index is 0.178. The van der Waals surface area contributed by atoms with Gasteiger partial charge in [-0.3, -0.25) is 9.88 Å². The number of hydrogen-bond acceptors (Lipinski definition) is 5. The van der Waals surface area contributed by atoms with E-state index < -0.39 is 10.0 Å². The fraction of sp³-hybridized carbons (Fsp3) is 0.500. The van der Waals surface area contributed by atoms with E-state index in [0.717, 1.165) is 0 Å². The highest BCUT2D eigenvalue weighted by molar-refractivity contribution is 7.89. The molecule has 6 nitrogen and oxygen atoms in total. The Morgan fingerprint density at radius 1 is 1.37 bits per heavy atom. The van der Waals surface area contributed by atoms with Crippen molar-refractivity contribution in [3.05, 3.63) is 24.5 Å². The monoisotopic (exact) mass is 280 g/mol. The Kier molecular flexibility index (Phi) is 4.14. The molecule has 1 unspecified atom stereocenters. The molecule has 1 saturated heterocycles. The third-order valence-electron chi connectivity index (χ3n) is 3.28. The van der Waals surface area contributed by atoms with Gasteiger partial charge in [0, 0.05) is 38.6 Å². The molecule has 1 aromatic heterocycles. The van der Waals surface area contributed by atoms with Crippen molar-refractivity contribution in [2.75, 3.05) is 26.2 Å². The first kappa shape index (κ1) is 13.9. The lowest BCUT2D eigenvalue weighted by molar-refractivity contribution is 0.169. The van der Waals surface area contributed by atoms with Gasteiger partial charge in [-0.25, -0.2) is 8.42 Å². The van der Waals surface area contributed by atoms with Gasteiger partial charge in [0.25, 0.3) is 0 Å². The molecule has 1 atom stereocenters. The quantitative estimate of drug-likeness (QED) is 0.796. The van der Waals surface area contributed by atoms with Crippen LogP contribution in [-0.2, 0) is 10.0 Å². The van der Waals surface area contributed by atoms with Gasteiger partial charge in [0.1, 0.15) is 4.90 Å². The van der Waals surface area contributed by atoms with E-state index in [1.165, 1.54) is 10.5 Å². The van der Waals surface area contributed by atoms with Crippen LogP contribution in [0, 0.1) is 11.3 Å². The van der Waals surface area contributed by atoms with Crippen LogP contribution in [0.1, 0.15) is 6.92 Å². The molecule has 2 heterocycles. The third kappa shape index (κ3) is 2.92. The summed E-state index contributed by atoms with van der Waals surface area (Å²) in [5.74, 6) is 0. The van der Waals surface area contributed by atoms with Crippen LogP contribution in [0.3, 0.4) is 0 Å². The molecule has 1 fully saturated rings.